The summed E-state index contributed by atoms with van der Waals surface area (Å²) in [4.78, 5) is 14.9. The van der Waals surface area contributed by atoms with E-state index in [0.717, 1.165) is 43.7 Å². The van der Waals surface area contributed by atoms with Crippen LogP contribution in [0.2, 0.25) is 0 Å². The molecule has 0 bridgehead atoms. The molecule has 120 valence electrons. The number of benzene rings is 2. The van der Waals surface area contributed by atoms with Gasteiger partial charge in [-0.3, -0.25) is 9.69 Å². The molecular weight excluding hydrogens is 284 g/mol. The number of carbonyl (C=O) groups is 1. The fraction of sp³-hybridized carbons (Fsp3) is 0.350. The van der Waals surface area contributed by atoms with E-state index in [1.165, 1.54) is 5.56 Å². The maximum atomic E-state index is 12.5. The van der Waals surface area contributed by atoms with E-state index in [1.54, 1.807) is 0 Å². The predicted molar refractivity (Wildman–Crippen MR) is 94.3 cm³/mol. The number of piperidine rings is 1. The summed E-state index contributed by atoms with van der Waals surface area (Å²) in [6.45, 7) is 4.88. The van der Waals surface area contributed by atoms with Crippen LogP contribution in [0.25, 0.3) is 0 Å². The van der Waals surface area contributed by atoms with Crippen molar-refractivity contribution in [1.29, 1.82) is 0 Å². The van der Waals surface area contributed by atoms with Crippen LogP contribution in [0, 0.1) is 12.8 Å². The second-order valence-corrected chi connectivity index (χ2v) is 6.42. The molecule has 0 radical (unpaired) electrons. The van der Waals surface area contributed by atoms with Crippen molar-refractivity contribution in [3.8, 4) is 0 Å². The van der Waals surface area contributed by atoms with E-state index < -0.39 is 0 Å². The molecule has 2 aromatic rings. The fourth-order valence-electron chi connectivity index (χ4n) is 3.22. The summed E-state index contributed by atoms with van der Waals surface area (Å²) >= 11 is 0. The molecule has 0 aliphatic carbocycles. The lowest BCUT2D eigenvalue weighted by molar-refractivity contribution is -0.121. The van der Waals surface area contributed by atoms with Gasteiger partial charge in [0.1, 0.15) is 0 Å². The van der Waals surface area contributed by atoms with E-state index in [9.17, 15) is 4.79 Å². The summed E-state index contributed by atoms with van der Waals surface area (Å²) in [5.41, 5.74) is 3.37. The Morgan fingerprint density at radius 1 is 1.17 bits per heavy atom. The lowest BCUT2D eigenvalue weighted by Gasteiger charge is -2.32. The van der Waals surface area contributed by atoms with E-state index in [2.05, 4.69) is 34.5 Å². The first kappa shape index (κ1) is 15.8. The van der Waals surface area contributed by atoms with Gasteiger partial charge in [0.05, 0.1) is 5.92 Å². The molecule has 1 aliphatic rings. The van der Waals surface area contributed by atoms with Gasteiger partial charge in [-0.1, -0.05) is 42.5 Å². The molecule has 0 spiro atoms. The molecule has 3 rings (SSSR count). The summed E-state index contributed by atoms with van der Waals surface area (Å²) in [5.74, 6) is 0.223. The third-order valence-corrected chi connectivity index (χ3v) is 4.41. The minimum atomic E-state index is 0.0768. The number of carbonyl (C=O) groups excluding carboxylic acids is 1. The van der Waals surface area contributed by atoms with Gasteiger partial charge < -0.3 is 5.32 Å². The lowest BCUT2D eigenvalue weighted by atomic mass is 9.96. The van der Waals surface area contributed by atoms with Crippen LogP contribution in [-0.4, -0.2) is 23.9 Å². The second-order valence-electron chi connectivity index (χ2n) is 6.42. The number of hydrogen-bond donors (Lipinski definition) is 1. The smallest absolute Gasteiger partial charge is 0.228 e. The molecule has 0 saturated carbocycles. The van der Waals surface area contributed by atoms with Gasteiger partial charge in [0, 0.05) is 18.8 Å². The minimum Gasteiger partial charge on any atom is -0.326 e. The normalized spacial score (nSPS) is 18.6. The second kappa shape index (κ2) is 7.42. The molecule has 3 nitrogen and oxygen atoms in total. The molecule has 23 heavy (non-hydrogen) atoms. The van der Waals surface area contributed by atoms with Gasteiger partial charge in [0.15, 0.2) is 0 Å². The Morgan fingerprint density at radius 2 is 2.00 bits per heavy atom. The summed E-state index contributed by atoms with van der Waals surface area (Å²) in [6.07, 6.45) is 2.06. The number of hydrogen-bond acceptors (Lipinski definition) is 2. The number of anilines is 1. The van der Waals surface area contributed by atoms with E-state index >= 15 is 0 Å². The van der Waals surface area contributed by atoms with Crippen LogP contribution < -0.4 is 5.32 Å². The maximum absolute atomic E-state index is 12.5. The van der Waals surface area contributed by atoms with Crippen molar-refractivity contribution >= 4 is 11.6 Å². The summed E-state index contributed by atoms with van der Waals surface area (Å²) in [5, 5.41) is 3.07. The highest BCUT2D eigenvalue weighted by molar-refractivity contribution is 5.92. The number of aryl methyl sites for hydroxylation is 1. The molecule has 0 aromatic heterocycles. The molecule has 0 unspecified atom stereocenters. The standard InChI is InChI=1S/C20H24N2O/c1-16-7-5-11-19(13-16)21-20(23)18-10-6-12-22(15-18)14-17-8-3-2-4-9-17/h2-5,7-9,11,13,18H,6,10,12,14-15H2,1H3,(H,21,23)/t18-/m1/s1. The van der Waals surface area contributed by atoms with Crippen LogP contribution in [0.1, 0.15) is 24.0 Å². The third-order valence-electron chi connectivity index (χ3n) is 4.41. The zero-order valence-electron chi connectivity index (χ0n) is 13.7. The highest BCUT2D eigenvalue weighted by Gasteiger charge is 2.25. The first-order valence-electron chi connectivity index (χ1n) is 8.34. The minimum absolute atomic E-state index is 0.0768. The van der Waals surface area contributed by atoms with Crippen molar-refractivity contribution in [1.82, 2.24) is 4.90 Å². The molecule has 1 fully saturated rings. The first-order chi connectivity index (χ1) is 11.2. The van der Waals surface area contributed by atoms with Crippen molar-refractivity contribution in [2.75, 3.05) is 18.4 Å². The SMILES string of the molecule is Cc1cccc(NC(=O)[C@@H]2CCCN(Cc3ccccc3)C2)c1. The zero-order valence-corrected chi connectivity index (χ0v) is 13.7. The first-order valence-corrected chi connectivity index (χ1v) is 8.34. The van der Waals surface area contributed by atoms with Crippen molar-refractivity contribution in [2.45, 2.75) is 26.3 Å². The van der Waals surface area contributed by atoms with Crippen molar-refractivity contribution in [3.05, 3.63) is 65.7 Å². The Hall–Kier alpha value is -2.13. The van der Waals surface area contributed by atoms with Gasteiger partial charge in [-0.05, 0) is 49.6 Å². The van der Waals surface area contributed by atoms with Crippen molar-refractivity contribution in [3.63, 3.8) is 0 Å². The van der Waals surface area contributed by atoms with E-state index in [-0.39, 0.29) is 11.8 Å². The van der Waals surface area contributed by atoms with E-state index in [4.69, 9.17) is 0 Å². The van der Waals surface area contributed by atoms with Crippen LogP contribution in [-0.2, 0) is 11.3 Å². The fourth-order valence-corrected chi connectivity index (χ4v) is 3.22. The van der Waals surface area contributed by atoms with Gasteiger partial charge in [0.2, 0.25) is 5.91 Å². The summed E-state index contributed by atoms with van der Waals surface area (Å²) in [6, 6.07) is 18.5. The average molecular weight is 308 g/mol. The Labute approximate surface area is 138 Å². The van der Waals surface area contributed by atoms with Crippen LogP contribution in [0.15, 0.2) is 54.6 Å². The third kappa shape index (κ3) is 4.42. The van der Waals surface area contributed by atoms with Gasteiger partial charge in [-0.15, -0.1) is 0 Å². The Kier molecular flexibility index (Phi) is 5.09. The summed E-state index contributed by atoms with van der Waals surface area (Å²) < 4.78 is 0. The quantitative estimate of drug-likeness (QED) is 0.930. The van der Waals surface area contributed by atoms with Gasteiger partial charge >= 0.3 is 0 Å². The zero-order chi connectivity index (χ0) is 16.1. The maximum Gasteiger partial charge on any atom is 0.228 e. The number of nitrogens with one attached hydrogen (secondary N) is 1. The Balaban J connectivity index is 1.58. The topological polar surface area (TPSA) is 32.3 Å². The number of nitrogens with zero attached hydrogens (tertiary/aromatic N) is 1. The lowest BCUT2D eigenvalue weighted by Crippen LogP contribution is -2.40. The highest BCUT2D eigenvalue weighted by Crippen LogP contribution is 2.20. The van der Waals surface area contributed by atoms with Crippen LogP contribution in [0.3, 0.4) is 0 Å². The molecular formula is C20H24N2O. The monoisotopic (exact) mass is 308 g/mol. The van der Waals surface area contributed by atoms with Gasteiger partial charge in [-0.2, -0.15) is 0 Å². The predicted octanol–water partition coefficient (Wildman–Crippen LogP) is 3.85. The molecule has 1 heterocycles. The van der Waals surface area contributed by atoms with Crippen LogP contribution in [0.4, 0.5) is 5.69 Å². The van der Waals surface area contributed by atoms with Gasteiger partial charge in [0.25, 0.3) is 0 Å². The van der Waals surface area contributed by atoms with Gasteiger partial charge in [-0.25, -0.2) is 0 Å². The largest absolute Gasteiger partial charge is 0.326 e. The average Bonchev–Trinajstić information content (AvgIpc) is 2.56. The van der Waals surface area contributed by atoms with Crippen LogP contribution in [0.5, 0.6) is 0 Å². The molecule has 1 saturated heterocycles. The summed E-state index contributed by atoms with van der Waals surface area (Å²) in [7, 11) is 0. The molecule has 1 N–H and O–H groups in total. The molecule has 1 atom stereocenters. The number of amides is 1. The number of rotatable bonds is 4. The van der Waals surface area contributed by atoms with Crippen molar-refractivity contribution < 1.29 is 4.79 Å². The molecule has 2 aromatic carbocycles. The van der Waals surface area contributed by atoms with Crippen molar-refractivity contribution in [2.24, 2.45) is 5.92 Å². The highest BCUT2D eigenvalue weighted by atomic mass is 16.1. The van der Waals surface area contributed by atoms with E-state index in [1.807, 2.05) is 37.3 Å². The molecule has 1 amide bonds. The molecule has 3 heteroatoms. The van der Waals surface area contributed by atoms with Crippen LogP contribution >= 0.6 is 0 Å². The Morgan fingerprint density at radius 3 is 2.78 bits per heavy atom. The molecule has 1 aliphatic heterocycles. The number of likely N-dealkylation sites (tertiary alicyclic amines) is 1. The van der Waals surface area contributed by atoms with E-state index in [0.29, 0.717) is 0 Å². The Bertz CT molecular complexity index is 654.